The Morgan fingerprint density at radius 2 is 2.17 bits per heavy atom. The summed E-state index contributed by atoms with van der Waals surface area (Å²) in [5.74, 6) is 0.600. The highest BCUT2D eigenvalue weighted by Gasteiger charge is 2.28. The van der Waals surface area contributed by atoms with Crippen LogP contribution in [0, 0.1) is 5.41 Å². The number of rotatable bonds is 5. The second kappa shape index (κ2) is 8.10. The van der Waals surface area contributed by atoms with E-state index in [1.165, 1.54) is 6.92 Å². The maximum Gasteiger partial charge on any atom is 0.223 e. The summed E-state index contributed by atoms with van der Waals surface area (Å²) in [6.07, 6.45) is 3.49. The van der Waals surface area contributed by atoms with Crippen molar-refractivity contribution in [3.63, 3.8) is 0 Å². The number of amides is 2. The summed E-state index contributed by atoms with van der Waals surface area (Å²) in [6, 6.07) is 0. The zero-order valence-electron chi connectivity index (χ0n) is 15.2. The molecular formula is C18H29N3O2S. The minimum absolute atomic E-state index is 0.00858. The van der Waals surface area contributed by atoms with Crippen LogP contribution in [0.3, 0.4) is 0 Å². The third-order valence-corrected chi connectivity index (χ3v) is 5.19. The maximum atomic E-state index is 12.5. The molecule has 1 aliphatic heterocycles. The molecule has 1 aliphatic rings. The molecule has 0 bridgehead atoms. The van der Waals surface area contributed by atoms with Gasteiger partial charge in [0.05, 0.1) is 10.7 Å². The van der Waals surface area contributed by atoms with Crippen LogP contribution in [0.5, 0.6) is 0 Å². The van der Waals surface area contributed by atoms with Gasteiger partial charge in [-0.15, -0.1) is 11.3 Å². The molecule has 2 heterocycles. The van der Waals surface area contributed by atoms with Crippen molar-refractivity contribution in [2.45, 2.75) is 59.3 Å². The Bertz CT molecular complexity index is 577. The standard InChI is InChI=1S/C18H29N3O2S/c1-13(22)19-8-7-15-12-24-17(20-15)14-6-5-9-21(11-14)16(23)10-18(2,3)4/h12,14H,5-11H2,1-4H3,(H,19,22). The fraction of sp³-hybridized carbons (Fsp3) is 0.722. The zero-order valence-corrected chi connectivity index (χ0v) is 16.0. The van der Waals surface area contributed by atoms with Crippen molar-refractivity contribution in [2.24, 2.45) is 5.41 Å². The Hall–Kier alpha value is -1.43. The van der Waals surface area contributed by atoms with Gasteiger partial charge < -0.3 is 10.2 Å². The van der Waals surface area contributed by atoms with E-state index in [0.717, 1.165) is 43.1 Å². The van der Waals surface area contributed by atoms with E-state index in [-0.39, 0.29) is 17.2 Å². The van der Waals surface area contributed by atoms with Crippen LogP contribution in [-0.2, 0) is 16.0 Å². The first kappa shape index (κ1) is 18.9. The maximum absolute atomic E-state index is 12.5. The highest BCUT2D eigenvalue weighted by Crippen LogP contribution is 2.30. The minimum atomic E-state index is -0.00858. The first-order valence-electron chi connectivity index (χ1n) is 8.71. The Morgan fingerprint density at radius 1 is 1.42 bits per heavy atom. The molecule has 24 heavy (non-hydrogen) atoms. The number of aromatic nitrogens is 1. The molecule has 0 spiro atoms. The van der Waals surface area contributed by atoms with Crippen LogP contribution in [0.1, 0.15) is 63.6 Å². The number of thiazole rings is 1. The lowest BCUT2D eigenvalue weighted by Crippen LogP contribution is -2.40. The number of carbonyl (C=O) groups is 2. The van der Waals surface area contributed by atoms with E-state index in [1.54, 1.807) is 11.3 Å². The van der Waals surface area contributed by atoms with Crippen molar-refractivity contribution in [1.29, 1.82) is 0 Å². The number of likely N-dealkylation sites (tertiary alicyclic amines) is 1. The van der Waals surface area contributed by atoms with Crippen molar-refractivity contribution >= 4 is 23.2 Å². The largest absolute Gasteiger partial charge is 0.356 e. The van der Waals surface area contributed by atoms with Crippen molar-refractivity contribution in [3.8, 4) is 0 Å². The average Bonchev–Trinajstić information content (AvgIpc) is 2.94. The first-order chi connectivity index (χ1) is 11.2. The molecule has 134 valence electrons. The summed E-state index contributed by atoms with van der Waals surface area (Å²) in [5, 5.41) is 6.00. The molecule has 2 rings (SSSR count). The third-order valence-electron chi connectivity index (χ3n) is 4.13. The second-order valence-electron chi connectivity index (χ2n) is 7.83. The Morgan fingerprint density at radius 3 is 2.83 bits per heavy atom. The molecule has 0 aromatic carbocycles. The summed E-state index contributed by atoms with van der Waals surface area (Å²) < 4.78 is 0. The monoisotopic (exact) mass is 351 g/mol. The van der Waals surface area contributed by atoms with Crippen LogP contribution in [0.15, 0.2) is 5.38 Å². The summed E-state index contributed by atoms with van der Waals surface area (Å²) in [6.45, 7) is 10.1. The van der Waals surface area contributed by atoms with E-state index in [0.29, 0.717) is 18.9 Å². The average molecular weight is 352 g/mol. The Balaban J connectivity index is 1.91. The van der Waals surface area contributed by atoms with Gasteiger partial charge >= 0.3 is 0 Å². The first-order valence-corrected chi connectivity index (χ1v) is 9.59. The highest BCUT2D eigenvalue weighted by molar-refractivity contribution is 7.09. The van der Waals surface area contributed by atoms with Crippen molar-refractivity contribution in [3.05, 3.63) is 16.1 Å². The molecule has 6 heteroatoms. The summed E-state index contributed by atoms with van der Waals surface area (Å²) in [7, 11) is 0. The quantitative estimate of drug-likeness (QED) is 0.887. The normalized spacial score (nSPS) is 18.5. The van der Waals surface area contributed by atoms with Gasteiger partial charge in [-0.25, -0.2) is 4.98 Å². The fourth-order valence-corrected chi connectivity index (χ4v) is 3.94. The number of hydrogen-bond donors (Lipinski definition) is 1. The molecule has 1 aromatic heterocycles. The van der Waals surface area contributed by atoms with Crippen molar-refractivity contribution in [1.82, 2.24) is 15.2 Å². The summed E-state index contributed by atoms with van der Waals surface area (Å²) in [5.41, 5.74) is 1.06. The number of piperidine rings is 1. The molecule has 1 N–H and O–H groups in total. The molecule has 1 aromatic rings. The second-order valence-corrected chi connectivity index (χ2v) is 8.72. The minimum Gasteiger partial charge on any atom is -0.356 e. The topological polar surface area (TPSA) is 62.3 Å². The van der Waals surface area contributed by atoms with Crippen LogP contribution in [0.2, 0.25) is 0 Å². The van der Waals surface area contributed by atoms with Gasteiger partial charge in [0.1, 0.15) is 0 Å². The molecular weight excluding hydrogens is 322 g/mol. The highest BCUT2D eigenvalue weighted by atomic mass is 32.1. The van der Waals surface area contributed by atoms with Gasteiger partial charge in [0, 0.05) is 50.7 Å². The smallest absolute Gasteiger partial charge is 0.223 e. The Kier molecular flexibility index (Phi) is 6.38. The van der Waals surface area contributed by atoms with Crippen molar-refractivity contribution < 1.29 is 9.59 Å². The van der Waals surface area contributed by atoms with Gasteiger partial charge in [0.2, 0.25) is 11.8 Å². The third kappa shape index (κ3) is 5.89. The number of nitrogens with one attached hydrogen (secondary N) is 1. The van der Waals surface area contributed by atoms with Gasteiger partial charge in [0.25, 0.3) is 0 Å². The molecule has 2 amide bonds. The molecule has 0 radical (unpaired) electrons. The van der Waals surface area contributed by atoms with Crippen LogP contribution in [0.25, 0.3) is 0 Å². The summed E-state index contributed by atoms with van der Waals surface area (Å²) >= 11 is 1.68. The van der Waals surface area contributed by atoms with Crippen LogP contribution < -0.4 is 5.32 Å². The molecule has 1 fully saturated rings. The van der Waals surface area contributed by atoms with E-state index < -0.39 is 0 Å². The lowest BCUT2D eigenvalue weighted by Gasteiger charge is -2.33. The van der Waals surface area contributed by atoms with E-state index in [4.69, 9.17) is 4.98 Å². The number of carbonyl (C=O) groups excluding carboxylic acids is 2. The molecule has 1 atom stereocenters. The van der Waals surface area contributed by atoms with E-state index in [9.17, 15) is 9.59 Å². The number of nitrogens with zero attached hydrogens (tertiary/aromatic N) is 2. The fourth-order valence-electron chi connectivity index (χ4n) is 2.96. The lowest BCUT2D eigenvalue weighted by atomic mass is 9.90. The van der Waals surface area contributed by atoms with Crippen LogP contribution in [-0.4, -0.2) is 41.3 Å². The van der Waals surface area contributed by atoms with Crippen LogP contribution in [0.4, 0.5) is 0 Å². The van der Waals surface area contributed by atoms with Gasteiger partial charge in [-0.05, 0) is 18.3 Å². The van der Waals surface area contributed by atoms with E-state index >= 15 is 0 Å². The SMILES string of the molecule is CC(=O)NCCc1csc(C2CCCN(C(=O)CC(C)(C)C)C2)n1. The zero-order chi connectivity index (χ0) is 17.7. The molecule has 0 aliphatic carbocycles. The van der Waals surface area contributed by atoms with Gasteiger partial charge in [0.15, 0.2) is 0 Å². The van der Waals surface area contributed by atoms with Crippen LogP contribution >= 0.6 is 11.3 Å². The summed E-state index contributed by atoms with van der Waals surface area (Å²) in [4.78, 5) is 30.1. The van der Waals surface area contributed by atoms with Gasteiger partial charge in [-0.3, -0.25) is 9.59 Å². The number of hydrogen-bond acceptors (Lipinski definition) is 4. The van der Waals surface area contributed by atoms with E-state index in [2.05, 4.69) is 31.5 Å². The predicted molar refractivity (Wildman–Crippen MR) is 97.1 cm³/mol. The molecule has 1 unspecified atom stereocenters. The molecule has 5 nitrogen and oxygen atoms in total. The molecule has 0 saturated carbocycles. The van der Waals surface area contributed by atoms with Crippen molar-refractivity contribution in [2.75, 3.05) is 19.6 Å². The van der Waals surface area contributed by atoms with E-state index in [1.807, 2.05) is 4.90 Å². The van der Waals surface area contributed by atoms with Gasteiger partial charge in [-0.1, -0.05) is 20.8 Å². The van der Waals surface area contributed by atoms with Gasteiger partial charge in [-0.2, -0.15) is 0 Å². The molecule has 1 saturated heterocycles. The Labute approximate surface area is 148 Å². The predicted octanol–water partition coefficient (Wildman–Crippen LogP) is 2.96. The lowest BCUT2D eigenvalue weighted by molar-refractivity contribution is -0.134.